The highest BCUT2D eigenvalue weighted by atomic mass is 16.5. The van der Waals surface area contributed by atoms with Crippen LogP contribution in [0.1, 0.15) is 33.6 Å². The minimum absolute atomic E-state index is 0.683. The zero-order valence-electron chi connectivity index (χ0n) is 10.9. The van der Waals surface area contributed by atoms with Gasteiger partial charge in [-0.25, -0.2) is 0 Å². The van der Waals surface area contributed by atoms with E-state index >= 15 is 0 Å². The summed E-state index contributed by atoms with van der Waals surface area (Å²) in [5.41, 5.74) is 0. The molecule has 1 unspecified atom stereocenters. The fraction of sp³-hybridized carbons (Fsp3) is 1.00. The minimum atomic E-state index is 0.683. The lowest BCUT2D eigenvalue weighted by atomic mass is 10.2. The van der Waals surface area contributed by atoms with Crippen molar-refractivity contribution in [2.75, 3.05) is 39.9 Å². The van der Waals surface area contributed by atoms with Gasteiger partial charge in [0.1, 0.15) is 0 Å². The zero-order chi connectivity index (χ0) is 11.5. The van der Waals surface area contributed by atoms with Crippen LogP contribution in [0.4, 0.5) is 0 Å². The van der Waals surface area contributed by atoms with Crippen molar-refractivity contribution >= 4 is 0 Å². The summed E-state index contributed by atoms with van der Waals surface area (Å²) in [6, 6.07) is 0.683. The first kappa shape index (κ1) is 14.9. The van der Waals surface area contributed by atoms with Crippen molar-refractivity contribution in [1.29, 1.82) is 0 Å². The third kappa shape index (κ3) is 8.85. The smallest absolute Gasteiger partial charge is 0.0590 e. The molecule has 1 atom stereocenters. The molecule has 15 heavy (non-hydrogen) atoms. The molecule has 0 amide bonds. The molecule has 0 aliphatic heterocycles. The summed E-state index contributed by atoms with van der Waals surface area (Å²) in [5.74, 6) is 0. The van der Waals surface area contributed by atoms with E-state index in [2.05, 4.69) is 38.0 Å². The Morgan fingerprint density at radius 2 is 1.93 bits per heavy atom. The van der Waals surface area contributed by atoms with Gasteiger partial charge in [0.2, 0.25) is 0 Å². The Morgan fingerprint density at radius 1 is 1.20 bits per heavy atom. The quantitative estimate of drug-likeness (QED) is 0.563. The Balaban J connectivity index is 3.16. The van der Waals surface area contributed by atoms with Crippen LogP contribution in [0.5, 0.6) is 0 Å². The van der Waals surface area contributed by atoms with Gasteiger partial charge < -0.3 is 15.0 Å². The van der Waals surface area contributed by atoms with Crippen molar-refractivity contribution in [3.05, 3.63) is 0 Å². The van der Waals surface area contributed by atoms with E-state index < -0.39 is 0 Å². The van der Waals surface area contributed by atoms with Crippen LogP contribution in [0.2, 0.25) is 0 Å². The zero-order valence-corrected chi connectivity index (χ0v) is 10.9. The van der Waals surface area contributed by atoms with Gasteiger partial charge in [0.25, 0.3) is 0 Å². The molecule has 0 aromatic heterocycles. The molecule has 0 rings (SSSR count). The molecule has 0 radical (unpaired) electrons. The molecule has 0 saturated carbocycles. The van der Waals surface area contributed by atoms with Crippen LogP contribution in [0, 0.1) is 0 Å². The molecule has 0 spiro atoms. The van der Waals surface area contributed by atoms with Crippen molar-refractivity contribution in [2.24, 2.45) is 0 Å². The van der Waals surface area contributed by atoms with Crippen LogP contribution in [-0.4, -0.2) is 50.8 Å². The maximum absolute atomic E-state index is 5.38. The molecule has 0 aromatic rings. The van der Waals surface area contributed by atoms with Gasteiger partial charge in [0, 0.05) is 32.3 Å². The highest BCUT2D eigenvalue weighted by Gasteiger charge is 2.04. The third-order valence-electron chi connectivity index (χ3n) is 2.76. The Bertz CT molecular complexity index is 131. The predicted octanol–water partition coefficient (Wildman–Crippen LogP) is 1.73. The van der Waals surface area contributed by atoms with Gasteiger partial charge in [0.15, 0.2) is 0 Å². The Morgan fingerprint density at radius 3 is 2.53 bits per heavy atom. The maximum Gasteiger partial charge on any atom is 0.0590 e. The number of rotatable bonds is 10. The first-order chi connectivity index (χ1) is 7.22. The third-order valence-corrected chi connectivity index (χ3v) is 2.76. The van der Waals surface area contributed by atoms with Gasteiger partial charge in [-0.3, -0.25) is 0 Å². The summed E-state index contributed by atoms with van der Waals surface area (Å²) in [5, 5.41) is 3.39. The van der Waals surface area contributed by atoms with Crippen LogP contribution >= 0.6 is 0 Å². The van der Waals surface area contributed by atoms with Crippen LogP contribution in [0.15, 0.2) is 0 Å². The predicted molar refractivity (Wildman–Crippen MR) is 66.4 cm³/mol. The monoisotopic (exact) mass is 216 g/mol. The summed E-state index contributed by atoms with van der Waals surface area (Å²) in [6.07, 6.45) is 2.33. The second kappa shape index (κ2) is 10.4. The first-order valence-electron chi connectivity index (χ1n) is 6.21. The van der Waals surface area contributed by atoms with Gasteiger partial charge >= 0.3 is 0 Å². The van der Waals surface area contributed by atoms with Crippen molar-refractivity contribution < 1.29 is 4.74 Å². The number of ether oxygens (including phenoxy) is 1. The second-order valence-corrected chi connectivity index (χ2v) is 4.10. The Labute approximate surface area is 95.2 Å². The van der Waals surface area contributed by atoms with E-state index in [4.69, 9.17) is 4.74 Å². The van der Waals surface area contributed by atoms with Crippen molar-refractivity contribution in [1.82, 2.24) is 10.2 Å². The molecular formula is C12H28N2O. The lowest BCUT2D eigenvalue weighted by molar-refractivity contribution is 0.135. The van der Waals surface area contributed by atoms with Gasteiger partial charge in [-0.2, -0.15) is 0 Å². The molecule has 0 aromatic carbocycles. The highest BCUT2D eigenvalue weighted by molar-refractivity contribution is 4.62. The molecule has 0 aliphatic carbocycles. The fourth-order valence-electron chi connectivity index (χ4n) is 1.30. The van der Waals surface area contributed by atoms with Crippen LogP contribution < -0.4 is 5.32 Å². The summed E-state index contributed by atoms with van der Waals surface area (Å²) in [4.78, 5) is 2.39. The SMILES string of the molecule is CCCOCCNCCN(C)C(C)CC. The molecule has 0 saturated heterocycles. The Kier molecular flexibility index (Phi) is 10.3. The molecule has 0 fully saturated rings. The summed E-state index contributed by atoms with van der Waals surface area (Å²) < 4.78 is 5.38. The number of hydrogen-bond donors (Lipinski definition) is 1. The maximum atomic E-state index is 5.38. The number of nitrogens with one attached hydrogen (secondary N) is 1. The molecule has 92 valence electrons. The summed E-state index contributed by atoms with van der Waals surface area (Å²) >= 11 is 0. The van der Waals surface area contributed by atoms with E-state index in [1.165, 1.54) is 6.42 Å². The standard InChI is InChI=1S/C12H28N2O/c1-5-10-15-11-8-13-7-9-14(4)12(3)6-2/h12-13H,5-11H2,1-4H3. The summed E-state index contributed by atoms with van der Waals surface area (Å²) in [7, 11) is 2.18. The van der Waals surface area contributed by atoms with E-state index in [9.17, 15) is 0 Å². The van der Waals surface area contributed by atoms with Crippen molar-refractivity contribution in [3.8, 4) is 0 Å². The van der Waals surface area contributed by atoms with Gasteiger partial charge in [0.05, 0.1) is 6.61 Å². The van der Waals surface area contributed by atoms with E-state index in [1.807, 2.05) is 0 Å². The average molecular weight is 216 g/mol. The largest absolute Gasteiger partial charge is 0.380 e. The number of nitrogens with zero attached hydrogens (tertiary/aromatic N) is 1. The number of likely N-dealkylation sites (N-methyl/N-ethyl adjacent to an activating group) is 1. The van der Waals surface area contributed by atoms with E-state index in [1.54, 1.807) is 0 Å². The molecule has 0 aliphatic rings. The van der Waals surface area contributed by atoms with Crippen molar-refractivity contribution in [2.45, 2.75) is 39.7 Å². The molecule has 0 heterocycles. The van der Waals surface area contributed by atoms with E-state index in [0.29, 0.717) is 6.04 Å². The highest BCUT2D eigenvalue weighted by Crippen LogP contribution is 1.97. The average Bonchev–Trinajstić information content (AvgIpc) is 2.26. The first-order valence-corrected chi connectivity index (χ1v) is 6.21. The molecule has 3 heteroatoms. The summed E-state index contributed by atoms with van der Waals surface area (Å²) in [6.45, 7) is 11.5. The second-order valence-electron chi connectivity index (χ2n) is 4.10. The fourth-order valence-corrected chi connectivity index (χ4v) is 1.30. The van der Waals surface area contributed by atoms with Crippen LogP contribution in [0.25, 0.3) is 0 Å². The minimum Gasteiger partial charge on any atom is -0.380 e. The Hall–Kier alpha value is -0.120. The molecule has 3 nitrogen and oxygen atoms in total. The topological polar surface area (TPSA) is 24.5 Å². The molecule has 0 bridgehead atoms. The lowest BCUT2D eigenvalue weighted by Gasteiger charge is -2.23. The van der Waals surface area contributed by atoms with Gasteiger partial charge in [-0.05, 0) is 26.8 Å². The van der Waals surface area contributed by atoms with Crippen LogP contribution in [-0.2, 0) is 4.74 Å². The van der Waals surface area contributed by atoms with Gasteiger partial charge in [-0.1, -0.05) is 13.8 Å². The number of hydrogen-bond acceptors (Lipinski definition) is 3. The molecular weight excluding hydrogens is 188 g/mol. The normalized spacial score (nSPS) is 13.4. The van der Waals surface area contributed by atoms with E-state index in [-0.39, 0.29) is 0 Å². The van der Waals surface area contributed by atoms with E-state index in [0.717, 1.165) is 39.3 Å². The van der Waals surface area contributed by atoms with Gasteiger partial charge in [-0.15, -0.1) is 0 Å². The molecule has 1 N–H and O–H groups in total. The van der Waals surface area contributed by atoms with Crippen molar-refractivity contribution in [3.63, 3.8) is 0 Å². The lowest BCUT2D eigenvalue weighted by Crippen LogP contribution is -2.35. The van der Waals surface area contributed by atoms with Crippen LogP contribution in [0.3, 0.4) is 0 Å².